The lowest BCUT2D eigenvalue weighted by Gasteiger charge is -2.35. The molecule has 5 rings (SSSR count). The van der Waals surface area contributed by atoms with E-state index in [0.29, 0.717) is 36.3 Å². The zero-order chi connectivity index (χ0) is 41.0. The van der Waals surface area contributed by atoms with E-state index in [1.807, 2.05) is 19.1 Å². The molecule has 0 atom stereocenters. The number of fused-ring (bicyclic) bond motifs is 2. The summed E-state index contributed by atoms with van der Waals surface area (Å²) < 4.78 is 95.3. The van der Waals surface area contributed by atoms with Crippen LogP contribution in [0.15, 0.2) is 78.4 Å². The summed E-state index contributed by atoms with van der Waals surface area (Å²) in [5, 5.41) is 7.51. The Hall–Kier alpha value is -4.46. The number of benzene rings is 4. The number of nitriles is 1. The van der Waals surface area contributed by atoms with Gasteiger partial charge in [-0.2, -0.15) is 14.0 Å². The van der Waals surface area contributed by atoms with Gasteiger partial charge in [0.1, 0.15) is 11.6 Å². The van der Waals surface area contributed by atoms with Crippen molar-refractivity contribution in [1.82, 2.24) is 4.31 Å². The summed E-state index contributed by atoms with van der Waals surface area (Å²) in [4.78, 5) is 1.44. The Kier molecular flexibility index (Phi) is 13.8. The third kappa shape index (κ3) is 9.50. The second-order valence-electron chi connectivity index (χ2n) is 15.0. The van der Waals surface area contributed by atoms with E-state index in [0.717, 1.165) is 41.6 Å². The van der Waals surface area contributed by atoms with E-state index in [-0.39, 0.29) is 23.1 Å². The first-order valence-electron chi connectivity index (χ1n) is 18.2. The van der Waals surface area contributed by atoms with Crippen LogP contribution in [0.1, 0.15) is 96.7 Å². The number of aryl methyl sites for hydroxylation is 3. The monoisotopic (exact) mass is 777 g/mol. The minimum Gasteiger partial charge on any atom is -0.340 e. The van der Waals surface area contributed by atoms with Gasteiger partial charge in [0.2, 0.25) is 0 Å². The molecule has 1 aliphatic heterocycles. The van der Waals surface area contributed by atoms with Gasteiger partial charge in [0.05, 0.1) is 11.0 Å². The van der Waals surface area contributed by atoms with Gasteiger partial charge >= 0.3 is 0 Å². The second kappa shape index (κ2) is 17.6. The average Bonchev–Trinajstić information content (AvgIpc) is 3.12. The second-order valence-corrected chi connectivity index (χ2v) is 16.1. The van der Waals surface area contributed by atoms with Gasteiger partial charge in [-0.3, -0.25) is 0 Å². The van der Waals surface area contributed by atoms with Crippen LogP contribution in [0.2, 0.25) is 0 Å². The first-order chi connectivity index (χ1) is 25.8. The molecule has 0 bridgehead atoms. The fourth-order valence-electron chi connectivity index (χ4n) is 6.78. The first kappa shape index (κ1) is 43.3. The Morgan fingerprint density at radius 1 is 0.964 bits per heavy atom. The van der Waals surface area contributed by atoms with Crippen LogP contribution < -0.4 is 4.90 Å². The summed E-state index contributed by atoms with van der Waals surface area (Å²) in [6.07, 6.45) is 3.79. The van der Waals surface area contributed by atoms with Gasteiger partial charge in [-0.25, -0.2) is 21.9 Å². The summed E-state index contributed by atoms with van der Waals surface area (Å²) in [6.45, 7) is 22.7. The molecule has 0 saturated heterocycles. The Morgan fingerprint density at radius 3 is 2.22 bits per heavy atom. The molecule has 4 aromatic carbocycles. The molecule has 1 heterocycles. The van der Waals surface area contributed by atoms with Gasteiger partial charge in [0.25, 0.3) is 5.92 Å². The van der Waals surface area contributed by atoms with Crippen molar-refractivity contribution in [3.05, 3.63) is 152 Å². The van der Waals surface area contributed by atoms with Gasteiger partial charge in [-0.1, -0.05) is 90.1 Å². The Labute approximate surface area is 326 Å². The van der Waals surface area contributed by atoms with E-state index in [1.165, 1.54) is 35.4 Å². The van der Waals surface area contributed by atoms with E-state index >= 15 is 22.0 Å². The third-order valence-electron chi connectivity index (χ3n) is 9.79. The molecule has 0 radical (unpaired) electrons. The van der Waals surface area contributed by atoms with E-state index in [1.54, 1.807) is 6.07 Å². The normalized spacial score (nSPS) is 13.7. The fraction of sp³-hybridized carbons (Fsp3) is 0.356. The van der Waals surface area contributed by atoms with Crippen molar-refractivity contribution in [2.24, 2.45) is 0 Å². The molecule has 0 spiro atoms. The maximum Gasteiger partial charge on any atom is 0.300 e. The molecule has 0 N–H and O–H groups in total. The maximum atomic E-state index is 16.4. The smallest absolute Gasteiger partial charge is 0.300 e. The van der Waals surface area contributed by atoms with Gasteiger partial charge in [0, 0.05) is 59.9 Å². The molecule has 3 nitrogen and oxygen atoms in total. The minimum atomic E-state index is -4.01. The number of hydrogen-bond donors (Lipinski definition) is 0. The molecule has 0 aliphatic carbocycles. The van der Waals surface area contributed by atoms with Crippen LogP contribution in [0.25, 0.3) is 0 Å². The lowest BCUT2D eigenvalue weighted by atomic mass is 9.84. The quantitative estimate of drug-likeness (QED) is 0.0962. The highest BCUT2D eigenvalue weighted by Gasteiger charge is 2.45. The number of allylic oxidation sites excluding steroid dienone is 1. The van der Waals surface area contributed by atoms with Crippen molar-refractivity contribution < 1.29 is 26.3 Å². The predicted octanol–water partition coefficient (Wildman–Crippen LogP) is 12.9. The molecule has 10 heteroatoms. The predicted molar refractivity (Wildman–Crippen MR) is 212 cm³/mol. The molecule has 55 heavy (non-hydrogen) atoms. The van der Waals surface area contributed by atoms with Crippen LogP contribution in [0.4, 0.5) is 32.0 Å². The number of anilines is 1. The minimum absolute atomic E-state index is 0.0439. The van der Waals surface area contributed by atoms with Crippen molar-refractivity contribution in [1.29, 1.82) is 5.26 Å². The van der Waals surface area contributed by atoms with Crippen molar-refractivity contribution in [2.45, 2.75) is 104 Å². The summed E-state index contributed by atoms with van der Waals surface area (Å²) in [5.41, 5.74) is 4.28. The maximum absolute atomic E-state index is 16.4. The highest BCUT2D eigenvalue weighted by Crippen LogP contribution is 2.50. The van der Waals surface area contributed by atoms with Crippen LogP contribution in [0.5, 0.6) is 0 Å². The van der Waals surface area contributed by atoms with Crippen LogP contribution in [-0.2, 0) is 37.3 Å². The molecule has 0 unspecified atom stereocenters. The highest BCUT2D eigenvalue weighted by molar-refractivity contribution is 7.97. The number of rotatable bonds is 9. The summed E-state index contributed by atoms with van der Waals surface area (Å²) in [6, 6.07) is 15.6. The van der Waals surface area contributed by atoms with Crippen molar-refractivity contribution in [2.75, 3.05) is 11.4 Å². The summed E-state index contributed by atoms with van der Waals surface area (Å²) >= 11 is 0.599. The molecular weight excluding hydrogens is 729 g/mol. The Balaban J connectivity index is 0.00000160. The van der Waals surface area contributed by atoms with Crippen LogP contribution in [0.3, 0.4) is 0 Å². The number of nitrogens with zero attached hydrogens (tertiary/aromatic N) is 3. The van der Waals surface area contributed by atoms with E-state index in [9.17, 15) is 4.39 Å². The highest BCUT2D eigenvalue weighted by atomic mass is 32.2. The third-order valence-corrected chi connectivity index (χ3v) is 10.9. The molecular formula is C45H49F6N3S. The van der Waals surface area contributed by atoms with Crippen molar-refractivity contribution >= 4 is 17.6 Å². The van der Waals surface area contributed by atoms with Gasteiger partial charge < -0.3 is 4.90 Å². The summed E-state index contributed by atoms with van der Waals surface area (Å²) in [5.74, 6) is -9.01. The van der Waals surface area contributed by atoms with Crippen LogP contribution >= 0.6 is 11.9 Å². The van der Waals surface area contributed by atoms with E-state index in [4.69, 9.17) is 5.26 Å². The molecule has 4 aromatic rings. The molecule has 0 aromatic heterocycles. The van der Waals surface area contributed by atoms with E-state index < -0.39 is 57.3 Å². The van der Waals surface area contributed by atoms with E-state index in [2.05, 4.69) is 76.9 Å². The topological polar surface area (TPSA) is 30.3 Å². The molecule has 0 fully saturated rings. The number of alkyl halides is 2. The van der Waals surface area contributed by atoms with Gasteiger partial charge in [-0.15, -0.1) is 0 Å². The summed E-state index contributed by atoms with van der Waals surface area (Å²) in [7, 11) is 0. The number of halogens is 6. The average molecular weight is 778 g/mol. The molecule has 0 saturated carbocycles. The largest absolute Gasteiger partial charge is 0.340 e. The molecule has 1 aliphatic rings. The van der Waals surface area contributed by atoms with Crippen LogP contribution in [0, 0.1) is 55.4 Å². The van der Waals surface area contributed by atoms with Crippen molar-refractivity contribution in [3.63, 3.8) is 0 Å². The van der Waals surface area contributed by atoms with Crippen molar-refractivity contribution in [3.8, 4) is 6.07 Å². The lowest BCUT2D eigenvalue weighted by Crippen LogP contribution is -2.33. The zero-order valence-electron chi connectivity index (χ0n) is 32.9. The lowest BCUT2D eigenvalue weighted by molar-refractivity contribution is 0.0354. The Morgan fingerprint density at radius 2 is 1.62 bits per heavy atom. The standard InChI is InChI=1S/C42H46F6N2S.C3H3N/c1-10-12-28-16-29(18-31(17-28)41(7,8)9)22-50(36-14-13-24(3)15-30(36)11-2)25(4)21-49-23-33-34(19-32(43)20-35(33)44)42(47,48)37-26(5)27(6)38(45)39(46)40(37)51-49;1-2-3-4/h13-20H,4,10-12,21-23H2,1-3,5-9H3;2H,1H2. The molecule has 292 valence electrons. The molecule has 0 amide bonds. The first-order valence-corrected chi connectivity index (χ1v) is 19.0. The number of hydrogen-bond acceptors (Lipinski definition) is 4. The Bertz CT molecular complexity index is 2130. The fourth-order valence-corrected chi connectivity index (χ4v) is 7.99. The van der Waals surface area contributed by atoms with Gasteiger partial charge in [-0.05, 0) is 96.5 Å². The SMILES string of the molecule is C=C(CN1Cc2c(F)cc(F)cc2C(F)(F)c2c(C)c(C)c(F)c(F)c2S1)N(Cc1cc(CCC)cc(C(C)(C)C)c1)c1ccc(C)cc1CC.C=CC#N. The van der Waals surface area contributed by atoms with Gasteiger partial charge in [0.15, 0.2) is 11.6 Å². The van der Waals surface area contributed by atoms with Crippen LogP contribution in [-0.4, -0.2) is 10.8 Å². The zero-order valence-corrected chi connectivity index (χ0v) is 33.7.